The molecule has 26 heavy (non-hydrogen) atoms. The number of carbonyl (C=O) groups is 1. The average molecular weight is 375 g/mol. The van der Waals surface area contributed by atoms with Gasteiger partial charge < -0.3 is 10.2 Å². The highest BCUT2D eigenvalue weighted by molar-refractivity contribution is 5.96. The second-order valence-electron chi connectivity index (χ2n) is 7.25. The van der Waals surface area contributed by atoms with Gasteiger partial charge in [0.05, 0.1) is 12.1 Å². The predicted molar refractivity (Wildman–Crippen MR) is 106 cm³/mol. The Labute approximate surface area is 161 Å². The van der Waals surface area contributed by atoms with Gasteiger partial charge in [0.2, 0.25) is 5.91 Å². The average Bonchev–Trinajstić information content (AvgIpc) is 3.24. The molecule has 140 valence electrons. The summed E-state index contributed by atoms with van der Waals surface area (Å²) in [7, 11) is 1.93. The van der Waals surface area contributed by atoms with Crippen LogP contribution < -0.4 is 10.2 Å². The molecule has 0 saturated carbocycles. The number of hydrogen-bond acceptors (Lipinski definition) is 3. The number of benzene rings is 1. The number of fused-ring (bicyclic) bond motifs is 1. The zero-order valence-corrected chi connectivity index (χ0v) is 16.0. The molecule has 0 spiro atoms. The number of halogens is 1. The van der Waals surface area contributed by atoms with Crippen molar-refractivity contribution in [2.45, 2.75) is 31.6 Å². The summed E-state index contributed by atoms with van der Waals surface area (Å²) in [6, 6.07) is 8.41. The Hall–Kier alpha value is -1.85. The Bertz CT molecular complexity index is 760. The van der Waals surface area contributed by atoms with Gasteiger partial charge in [0.15, 0.2) is 0 Å². The minimum atomic E-state index is -0.0170. The fraction of sp³-hybridized carbons (Fsp3) is 0.500. The Morgan fingerprint density at radius 3 is 2.85 bits per heavy atom. The molecule has 3 heterocycles. The SMILES string of the molecule is Cl.Cn1cc([C@H]2CNC[C@@H]2C(=O)N2CCCCCc3ccccc32)cn1. The van der Waals surface area contributed by atoms with E-state index in [0.717, 1.165) is 43.7 Å². The highest BCUT2D eigenvalue weighted by Gasteiger charge is 2.37. The van der Waals surface area contributed by atoms with Crippen molar-refractivity contribution in [2.24, 2.45) is 13.0 Å². The summed E-state index contributed by atoms with van der Waals surface area (Å²) in [6.45, 7) is 2.42. The van der Waals surface area contributed by atoms with Crippen molar-refractivity contribution in [1.82, 2.24) is 15.1 Å². The Balaban J connectivity index is 0.00000196. The van der Waals surface area contributed by atoms with Crippen LogP contribution in [0.4, 0.5) is 5.69 Å². The second-order valence-corrected chi connectivity index (χ2v) is 7.25. The van der Waals surface area contributed by atoms with Crippen LogP contribution in [0.2, 0.25) is 0 Å². The lowest BCUT2D eigenvalue weighted by Crippen LogP contribution is -2.40. The minimum Gasteiger partial charge on any atom is -0.315 e. The van der Waals surface area contributed by atoms with E-state index in [4.69, 9.17) is 0 Å². The normalized spacial score (nSPS) is 22.9. The van der Waals surface area contributed by atoms with Gasteiger partial charge >= 0.3 is 0 Å². The van der Waals surface area contributed by atoms with Crippen molar-refractivity contribution < 1.29 is 4.79 Å². The van der Waals surface area contributed by atoms with Crippen molar-refractivity contribution >= 4 is 24.0 Å². The molecule has 1 fully saturated rings. The van der Waals surface area contributed by atoms with E-state index in [1.54, 1.807) is 0 Å². The van der Waals surface area contributed by atoms with Crippen molar-refractivity contribution in [1.29, 1.82) is 0 Å². The molecule has 2 aromatic rings. The number of para-hydroxylation sites is 1. The molecule has 4 rings (SSSR count). The minimum absolute atomic E-state index is 0. The molecule has 1 amide bonds. The number of hydrogen-bond donors (Lipinski definition) is 1. The molecule has 5 nitrogen and oxygen atoms in total. The zero-order valence-electron chi connectivity index (χ0n) is 15.2. The smallest absolute Gasteiger partial charge is 0.232 e. The van der Waals surface area contributed by atoms with Gasteiger partial charge in [-0.05, 0) is 36.5 Å². The van der Waals surface area contributed by atoms with E-state index in [1.807, 2.05) is 30.2 Å². The molecule has 2 atom stereocenters. The maximum absolute atomic E-state index is 13.5. The standard InChI is InChI=1S/C20H26N4O.ClH/c1-23-14-16(11-22-23)17-12-21-13-18(17)20(25)24-10-6-2-3-7-15-8-4-5-9-19(15)24;/h4-5,8-9,11,14,17-18,21H,2-3,6-7,10,12-13H2,1H3;1H/t17-,18+;/m1./s1. The third-order valence-corrected chi connectivity index (χ3v) is 5.56. The zero-order chi connectivity index (χ0) is 17.2. The highest BCUT2D eigenvalue weighted by atomic mass is 35.5. The van der Waals surface area contributed by atoms with E-state index >= 15 is 0 Å². The fourth-order valence-electron chi connectivity index (χ4n) is 4.22. The summed E-state index contributed by atoms with van der Waals surface area (Å²) in [5.74, 6) is 0.448. The lowest BCUT2D eigenvalue weighted by atomic mass is 9.89. The topological polar surface area (TPSA) is 50.2 Å². The van der Waals surface area contributed by atoms with Crippen LogP contribution in [0.3, 0.4) is 0 Å². The van der Waals surface area contributed by atoms with Gasteiger partial charge in [0.25, 0.3) is 0 Å². The third kappa shape index (κ3) is 3.64. The Morgan fingerprint density at radius 1 is 1.19 bits per heavy atom. The van der Waals surface area contributed by atoms with E-state index < -0.39 is 0 Å². The molecule has 1 aromatic heterocycles. The molecule has 0 radical (unpaired) electrons. The van der Waals surface area contributed by atoms with Crippen molar-refractivity contribution in [3.8, 4) is 0 Å². The van der Waals surface area contributed by atoms with Gasteiger partial charge in [-0.1, -0.05) is 24.6 Å². The summed E-state index contributed by atoms with van der Waals surface area (Å²) in [5, 5.41) is 7.71. The lowest BCUT2D eigenvalue weighted by Gasteiger charge is -2.31. The summed E-state index contributed by atoms with van der Waals surface area (Å²) in [5.41, 5.74) is 3.58. The summed E-state index contributed by atoms with van der Waals surface area (Å²) < 4.78 is 1.82. The van der Waals surface area contributed by atoms with Gasteiger partial charge in [-0.15, -0.1) is 12.4 Å². The molecule has 0 aliphatic carbocycles. The van der Waals surface area contributed by atoms with Crippen LogP contribution >= 0.6 is 12.4 Å². The number of carbonyl (C=O) groups excluding carboxylic acids is 1. The van der Waals surface area contributed by atoms with Crippen molar-refractivity contribution in [3.05, 3.63) is 47.8 Å². The van der Waals surface area contributed by atoms with Crippen LogP contribution in [0.15, 0.2) is 36.7 Å². The molecule has 1 saturated heterocycles. The van der Waals surface area contributed by atoms with E-state index in [2.05, 4.69) is 33.5 Å². The first kappa shape index (κ1) is 18.9. The van der Waals surface area contributed by atoms with E-state index in [-0.39, 0.29) is 30.2 Å². The second kappa shape index (κ2) is 8.23. The molecular weight excluding hydrogens is 348 g/mol. The number of anilines is 1. The number of amides is 1. The van der Waals surface area contributed by atoms with Gasteiger partial charge in [-0.25, -0.2) is 0 Å². The van der Waals surface area contributed by atoms with Crippen LogP contribution in [0.5, 0.6) is 0 Å². The highest BCUT2D eigenvalue weighted by Crippen LogP contribution is 2.33. The van der Waals surface area contributed by atoms with E-state index in [0.29, 0.717) is 0 Å². The van der Waals surface area contributed by atoms with Crippen LogP contribution in [-0.4, -0.2) is 35.3 Å². The largest absolute Gasteiger partial charge is 0.315 e. The van der Waals surface area contributed by atoms with Gasteiger partial charge in [0.1, 0.15) is 0 Å². The number of nitrogens with one attached hydrogen (secondary N) is 1. The molecule has 2 aliphatic rings. The van der Waals surface area contributed by atoms with Crippen LogP contribution in [0.25, 0.3) is 0 Å². The number of nitrogens with zero attached hydrogens (tertiary/aromatic N) is 3. The summed E-state index contributed by atoms with van der Waals surface area (Å²) in [6.07, 6.45) is 8.49. The summed E-state index contributed by atoms with van der Waals surface area (Å²) >= 11 is 0. The molecule has 1 aromatic carbocycles. The number of rotatable bonds is 2. The van der Waals surface area contributed by atoms with Gasteiger partial charge in [-0.2, -0.15) is 5.10 Å². The van der Waals surface area contributed by atoms with E-state index in [1.165, 1.54) is 18.4 Å². The maximum atomic E-state index is 13.5. The molecular formula is C20H27ClN4O. The number of aromatic nitrogens is 2. The third-order valence-electron chi connectivity index (χ3n) is 5.56. The number of aryl methyl sites for hydroxylation is 2. The van der Waals surface area contributed by atoms with Crippen molar-refractivity contribution in [3.63, 3.8) is 0 Å². The monoisotopic (exact) mass is 374 g/mol. The first-order valence-electron chi connectivity index (χ1n) is 9.32. The molecule has 0 bridgehead atoms. The fourth-order valence-corrected chi connectivity index (χ4v) is 4.22. The Kier molecular flexibility index (Phi) is 5.99. The van der Waals surface area contributed by atoms with Crippen LogP contribution in [-0.2, 0) is 18.3 Å². The molecule has 1 N–H and O–H groups in total. The predicted octanol–water partition coefficient (Wildman–Crippen LogP) is 2.90. The molecule has 6 heteroatoms. The Morgan fingerprint density at radius 2 is 2.04 bits per heavy atom. The first-order chi connectivity index (χ1) is 12.2. The molecule has 0 unspecified atom stereocenters. The molecule has 2 aliphatic heterocycles. The van der Waals surface area contributed by atoms with Crippen molar-refractivity contribution in [2.75, 3.05) is 24.5 Å². The van der Waals surface area contributed by atoms with Gasteiger partial charge in [0, 0.05) is 44.5 Å². The van der Waals surface area contributed by atoms with Crippen LogP contribution in [0, 0.1) is 5.92 Å². The summed E-state index contributed by atoms with van der Waals surface area (Å²) in [4.78, 5) is 15.5. The first-order valence-corrected chi connectivity index (χ1v) is 9.32. The maximum Gasteiger partial charge on any atom is 0.232 e. The lowest BCUT2D eigenvalue weighted by molar-refractivity contribution is -0.122. The van der Waals surface area contributed by atoms with Gasteiger partial charge in [-0.3, -0.25) is 9.48 Å². The van der Waals surface area contributed by atoms with Crippen LogP contribution in [0.1, 0.15) is 36.3 Å². The van der Waals surface area contributed by atoms with E-state index in [9.17, 15) is 4.79 Å². The quantitative estimate of drug-likeness (QED) is 0.879.